The number of carbonyl (C=O) groups is 1. The number of nitrogens with one attached hydrogen (secondary N) is 1. The van der Waals surface area contributed by atoms with E-state index in [0.29, 0.717) is 28.2 Å². The number of piperidine rings is 1. The van der Waals surface area contributed by atoms with Gasteiger partial charge in [-0.15, -0.1) is 0 Å². The SMILES string of the molecule is CC1CCN(c2cc3c(cc2NC(=O)c2ccccc2)n(C)c(=O)c(=O)n3C)CC1. The molecule has 3 aromatic rings. The predicted octanol–water partition coefficient (Wildman–Crippen LogP) is 2.73. The molecule has 1 aromatic heterocycles. The minimum Gasteiger partial charge on any atom is -0.370 e. The molecule has 1 aliphatic heterocycles. The first-order valence-corrected chi connectivity index (χ1v) is 10.2. The van der Waals surface area contributed by atoms with Crippen molar-refractivity contribution in [1.82, 2.24) is 9.13 Å². The number of rotatable bonds is 3. The van der Waals surface area contributed by atoms with Crippen molar-refractivity contribution in [2.45, 2.75) is 19.8 Å². The number of fused-ring (bicyclic) bond motifs is 1. The first-order valence-electron chi connectivity index (χ1n) is 10.2. The average Bonchev–Trinajstić information content (AvgIpc) is 2.77. The van der Waals surface area contributed by atoms with Gasteiger partial charge in [0.15, 0.2) is 0 Å². The van der Waals surface area contributed by atoms with Crippen molar-refractivity contribution in [3.8, 4) is 0 Å². The third kappa shape index (κ3) is 3.51. The Morgan fingerprint density at radius 3 is 2.10 bits per heavy atom. The Morgan fingerprint density at radius 2 is 1.50 bits per heavy atom. The Bertz CT molecular complexity index is 1220. The number of hydrogen-bond acceptors (Lipinski definition) is 4. The van der Waals surface area contributed by atoms with Gasteiger partial charge >= 0.3 is 11.1 Å². The van der Waals surface area contributed by atoms with Crippen LogP contribution in [0.2, 0.25) is 0 Å². The lowest BCUT2D eigenvalue weighted by molar-refractivity contribution is 0.102. The van der Waals surface area contributed by atoms with Gasteiger partial charge in [-0.05, 0) is 43.0 Å². The van der Waals surface area contributed by atoms with Gasteiger partial charge in [-0.2, -0.15) is 0 Å². The lowest BCUT2D eigenvalue weighted by atomic mass is 9.98. The molecule has 0 unspecified atom stereocenters. The molecule has 2 heterocycles. The van der Waals surface area contributed by atoms with E-state index in [1.54, 1.807) is 32.3 Å². The van der Waals surface area contributed by atoms with Crippen molar-refractivity contribution >= 4 is 28.3 Å². The molecule has 4 rings (SSSR count). The van der Waals surface area contributed by atoms with Crippen molar-refractivity contribution in [3.63, 3.8) is 0 Å². The molecule has 1 fully saturated rings. The Labute approximate surface area is 174 Å². The summed E-state index contributed by atoms with van der Waals surface area (Å²) in [6.45, 7) is 4.00. The highest BCUT2D eigenvalue weighted by molar-refractivity contribution is 6.07. The van der Waals surface area contributed by atoms with Crippen LogP contribution in [0.5, 0.6) is 0 Å². The van der Waals surface area contributed by atoms with Gasteiger partial charge in [-0.3, -0.25) is 14.4 Å². The summed E-state index contributed by atoms with van der Waals surface area (Å²) < 4.78 is 2.73. The monoisotopic (exact) mass is 406 g/mol. The van der Waals surface area contributed by atoms with Crippen molar-refractivity contribution in [2.75, 3.05) is 23.3 Å². The molecule has 0 atom stereocenters. The summed E-state index contributed by atoms with van der Waals surface area (Å²) in [6.07, 6.45) is 2.13. The van der Waals surface area contributed by atoms with E-state index >= 15 is 0 Å². The molecule has 0 aliphatic carbocycles. The van der Waals surface area contributed by atoms with Crippen LogP contribution in [0.4, 0.5) is 11.4 Å². The Balaban J connectivity index is 1.87. The zero-order valence-corrected chi connectivity index (χ0v) is 17.5. The molecular formula is C23H26N4O3. The van der Waals surface area contributed by atoms with E-state index in [1.165, 1.54) is 9.13 Å². The van der Waals surface area contributed by atoms with Crippen LogP contribution in [0.15, 0.2) is 52.1 Å². The molecule has 7 heteroatoms. The number of aryl methyl sites for hydroxylation is 2. The Kier molecular flexibility index (Phi) is 5.20. The van der Waals surface area contributed by atoms with E-state index in [2.05, 4.69) is 17.1 Å². The Morgan fingerprint density at radius 1 is 0.933 bits per heavy atom. The first-order chi connectivity index (χ1) is 14.4. The summed E-state index contributed by atoms with van der Waals surface area (Å²) in [6, 6.07) is 12.7. The topological polar surface area (TPSA) is 76.3 Å². The summed E-state index contributed by atoms with van der Waals surface area (Å²) in [5.74, 6) is 0.450. The number of hydrogen-bond donors (Lipinski definition) is 1. The van der Waals surface area contributed by atoms with E-state index in [1.807, 2.05) is 24.3 Å². The van der Waals surface area contributed by atoms with Crippen LogP contribution in [0, 0.1) is 5.92 Å². The molecule has 1 N–H and O–H groups in total. The van der Waals surface area contributed by atoms with Crippen molar-refractivity contribution in [1.29, 1.82) is 0 Å². The number of anilines is 2. The zero-order chi connectivity index (χ0) is 21.4. The third-order valence-corrected chi connectivity index (χ3v) is 6.02. The van der Waals surface area contributed by atoms with E-state index in [9.17, 15) is 14.4 Å². The highest BCUT2D eigenvalue weighted by Crippen LogP contribution is 2.33. The minimum atomic E-state index is -0.593. The van der Waals surface area contributed by atoms with Gasteiger partial charge in [-0.1, -0.05) is 25.1 Å². The second-order valence-electron chi connectivity index (χ2n) is 8.08. The van der Waals surface area contributed by atoms with Crippen LogP contribution >= 0.6 is 0 Å². The van der Waals surface area contributed by atoms with Crippen molar-refractivity contribution < 1.29 is 4.79 Å². The number of benzene rings is 2. The van der Waals surface area contributed by atoms with E-state index in [-0.39, 0.29) is 5.91 Å². The van der Waals surface area contributed by atoms with Crippen LogP contribution < -0.4 is 21.3 Å². The van der Waals surface area contributed by atoms with E-state index in [4.69, 9.17) is 0 Å². The molecule has 7 nitrogen and oxygen atoms in total. The molecule has 0 saturated carbocycles. The quantitative estimate of drug-likeness (QED) is 0.679. The van der Waals surface area contributed by atoms with Gasteiger partial charge in [0.2, 0.25) is 0 Å². The van der Waals surface area contributed by atoms with Gasteiger partial charge in [0.25, 0.3) is 5.91 Å². The maximum Gasteiger partial charge on any atom is 0.316 e. The molecule has 1 amide bonds. The summed E-state index contributed by atoms with van der Waals surface area (Å²) in [7, 11) is 3.19. The lowest BCUT2D eigenvalue weighted by Crippen LogP contribution is -2.39. The fourth-order valence-electron chi connectivity index (χ4n) is 4.00. The van der Waals surface area contributed by atoms with Gasteiger partial charge in [-0.25, -0.2) is 0 Å². The van der Waals surface area contributed by atoms with Crippen LogP contribution in [0.1, 0.15) is 30.1 Å². The summed E-state index contributed by atoms with van der Waals surface area (Å²) in [4.78, 5) is 39.7. The fourth-order valence-corrected chi connectivity index (χ4v) is 4.00. The van der Waals surface area contributed by atoms with Crippen molar-refractivity contribution in [2.24, 2.45) is 20.0 Å². The smallest absolute Gasteiger partial charge is 0.316 e. The number of aromatic nitrogens is 2. The van der Waals surface area contributed by atoms with Gasteiger partial charge in [0, 0.05) is 32.7 Å². The molecule has 0 radical (unpaired) electrons. The summed E-state index contributed by atoms with van der Waals surface area (Å²) in [5.41, 5.74) is 2.17. The van der Waals surface area contributed by atoms with Crippen LogP contribution in [0.3, 0.4) is 0 Å². The zero-order valence-electron chi connectivity index (χ0n) is 17.5. The Hall–Kier alpha value is -3.35. The third-order valence-electron chi connectivity index (χ3n) is 6.02. The molecule has 1 saturated heterocycles. The lowest BCUT2D eigenvalue weighted by Gasteiger charge is -2.34. The standard InChI is InChI=1S/C23H26N4O3/c1-15-9-11-27(12-10-15)18-14-20-19(25(2)22(29)23(30)26(20)3)13-17(18)24-21(28)16-7-5-4-6-8-16/h4-8,13-15H,9-12H2,1-3H3,(H,24,28). The molecule has 2 aromatic carbocycles. The number of carbonyl (C=O) groups excluding carboxylic acids is 1. The summed E-state index contributed by atoms with van der Waals surface area (Å²) in [5, 5.41) is 3.02. The van der Waals surface area contributed by atoms with Gasteiger partial charge < -0.3 is 19.4 Å². The fraction of sp³-hybridized carbons (Fsp3) is 0.348. The van der Waals surface area contributed by atoms with Crippen LogP contribution in [-0.2, 0) is 14.1 Å². The maximum absolute atomic E-state index is 12.9. The molecule has 0 bridgehead atoms. The van der Waals surface area contributed by atoms with Crippen LogP contribution in [0.25, 0.3) is 11.0 Å². The van der Waals surface area contributed by atoms with E-state index < -0.39 is 11.1 Å². The highest BCUT2D eigenvalue weighted by Gasteiger charge is 2.22. The average molecular weight is 406 g/mol. The second-order valence-corrected chi connectivity index (χ2v) is 8.08. The summed E-state index contributed by atoms with van der Waals surface area (Å²) >= 11 is 0. The second kappa shape index (κ2) is 7.82. The number of nitrogens with zero attached hydrogens (tertiary/aromatic N) is 3. The van der Waals surface area contributed by atoms with Gasteiger partial charge in [0.05, 0.1) is 22.4 Å². The normalized spacial score (nSPS) is 14.8. The molecule has 0 spiro atoms. The van der Waals surface area contributed by atoms with E-state index in [0.717, 1.165) is 31.6 Å². The molecule has 156 valence electrons. The predicted molar refractivity (Wildman–Crippen MR) is 119 cm³/mol. The molecule has 30 heavy (non-hydrogen) atoms. The number of amides is 1. The molecule has 1 aliphatic rings. The first kappa shape index (κ1) is 19.9. The van der Waals surface area contributed by atoms with Crippen molar-refractivity contribution in [3.05, 3.63) is 68.7 Å². The highest BCUT2D eigenvalue weighted by atomic mass is 16.2. The van der Waals surface area contributed by atoms with Crippen LogP contribution in [-0.4, -0.2) is 28.1 Å². The largest absolute Gasteiger partial charge is 0.370 e. The minimum absolute atomic E-state index is 0.212. The maximum atomic E-state index is 12.9. The van der Waals surface area contributed by atoms with Gasteiger partial charge in [0.1, 0.15) is 0 Å². The molecular weight excluding hydrogens is 380 g/mol.